The van der Waals surface area contributed by atoms with Crippen molar-refractivity contribution in [2.24, 2.45) is 5.92 Å². The van der Waals surface area contributed by atoms with Crippen molar-refractivity contribution in [3.63, 3.8) is 0 Å². The zero-order valence-electron chi connectivity index (χ0n) is 10.7. The molecule has 0 saturated heterocycles. The Morgan fingerprint density at radius 3 is 2.76 bits per heavy atom. The van der Waals surface area contributed by atoms with E-state index in [1.54, 1.807) is 0 Å². The van der Waals surface area contributed by atoms with Crippen LogP contribution in [0.3, 0.4) is 0 Å². The highest BCUT2D eigenvalue weighted by Gasteiger charge is 2.18. The molecular formula is C14H20O3. The molecule has 0 saturated carbocycles. The van der Waals surface area contributed by atoms with Crippen molar-refractivity contribution < 1.29 is 14.3 Å². The fraction of sp³-hybridized carbons (Fsp3) is 0.500. The lowest BCUT2D eigenvalue weighted by Crippen LogP contribution is -2.23. The molecule has 3 heteroatoms. The minimum Gasteiger partial charge on any atom is -0.493 e. The summed E-state index contributed by atoms with van der Waals surface area (Å²) in [5.41, 5.74) is 1.15. The number of benzene rings is 1. The van der Waals surface area contributed by atoms with Crippen LogP contribution in [0.2, 0.25) is 0 Å². The summed E-state index contributed by atoms with van der Waals surface area (Å²) in [5, 5.41) is 0. The number of esters is 1. The number of carbonyl (C=O) groups excluding carboxylic acids is 1. The highest BCUT2D eigenvalue weighted by atomic mass is 16.5. The van der Waals surface area contributed by atoms with Gasteiger partial charge in [-0.25, -0.2) is 0 Å². The van der Waals surface area contributed by atoms with E-state index in [2.05, 4.69) is 0 Å². The average molecular weight is 236 g/mol. The molecule has 1 aromatic rings. The predicted octanol–water partition coefficient (Wildman–Crippen LogP) is 2.96. The molecular weight excluding hydrogens is 216 g/mol. The van der Waals surface area contributed by atoms with Crippen LogP contribution in [0.15, 0.2) is 24.3 Å². The van der Waals surface area contributed by atoms with E-state index in [1.807, 2.05) is 38.1 Å². The molecule has 1 rings (SSSR count). The second-order valence-electron chi connectivity index (χ2n) is 4.14. The fourth-order valence-corrected chi connectivity index (χ4v) is 1.69. The van der Waals surface area contributed by atoms with Gasteiger partial charge in [-0.1, -0.05) is 25.5 Å². The maximum absolute atomic E-state index is 11.5. The van der Waals surface area contributed by atoms with Gasteiger partial charge in [-0.05, 0) is 31.0 Å². The molecule has 0 radical (unpaired) electrons. The molecule has 17 heavy (non-hydrogen) atoms. The van der Waals surface area contributed by atoms with Crippen molar-refractivity contribution >= 4 is 5.97 Å². The van der Waals surface area contributed by atoms with Crippen LogP contribution in [0.25, 0.3) is 0 Å². The summed E-state index contributed by atoms with van der Waals surface area (Å²) in [5.74, 6) is 0.431. The first-order valence-electron chi connectivity index (χ1n) is 5.94. The molecule has 0 aromatic heterocycles. The maximum atomic E-state index is 11.5. The Morgan fingerprint density at radius 1 is 1.41 bits per heavy atom. The number of hydrogen-bond donors (Lipinski definition) is 0. The van der Waals surface area contributed by atoms with E-state index in [4.69, 9.17) is 9.47 Å². The highest BCUT2D eigenvalue weighted by molar-refractivity contribution is 5.72. The van der Waals surface area contributed by atoms with Crippen molar-refractivity contribution in [3.8, 4) is 5.75 Å². The molecule has 1 aromatic carbocycles. The number of hydrogen-bond acceptors (Lipinski definition) is 3. The van der Waals surface area contributed by atoms with Crippen molar-refractivity contribution in [3.05, 3.63) is 29.8 Å². The van der Waals surface area contributed by atoms with Crippen LogP contribution < -0.4 is 4.74 Å². The first-order chi connectivity index (χ1) is 8.17. The molecule has 3 nitrogen and oxygen atoms in total. The SMILES string of the molecule is CCCC(COc1cccc(C)c1)C(=O)OC. The van der Waals surface area contributed by atoms with E-state index in [0.717, 1.165) is 24.2 Å². The van der Waals surface area contributed by atoms with Crippen LogP contribution >= 0.6 is 0 Å². The lowest BCUT2D eigenvalue weighted by molar-refractivity contribution is -0.146. The Bertz CT molecular complexity index is 360. The molecule has 0 amide bonds. The third-order valence-electron chi connectivity index (χ3n) is 2.61. The van der Waals surface area contributed by atoms with Crippen LogP contribution in [0, 0.1) is 12.8 Å². The van der Waals surface area contributed by atoms with Crippen molar-refractivity contribution in [1.82, 2.24) is 0 Å². The second-order valence-corrected chi connectivity index (χ2v) is 4.14. The third kappa shape index (κ3) is 4.47. The number of methoxy groups -OCH3 is 1. The van der Waals surface area contributed by atoms with Crippen LogP contribution in [-0.2, 0) is 9.53 Å². The topological polar surface area (TPSA) is 35.5 Å². The van der Waals surface area contributed by atoms with Gasteiger partial charge in [0.2, 0.25) is 0 Å². The average Bonchev–Trinajstić information content (AvgIpc) is 2.33. The first-order valence-corrected chi connectivity index (χ1v) is 5.94. The normalized spacial score (nSPS) is 11.9. The van der Waals surface area contributed by atoms with Gasteiger partial charge in [0.05, 0.1) is 13.0 Å². The lowest BCUT2D eigenvalue weighted by atomic mass is 10.1. The molecule has 0 spiro atoms. The van der Waals surface area contributed by atoms with Gasteiger partial charge in [0.1, 0.15) is 12.4 Å². The van der Waals surface area contributed by atoms with Crippen LogP contribution in [0.4, 0.5) is 0 Å². The van der Waals surface area contributed by atoms with E-state index in [1.165, 1.54) is 7.11 Å². The maximum Gasteiger partial charge on any atom is 0.312 e. The van der Waals surface area contributed by atoms with Crippen LogP contribution in [-0.4, -0.2) is 19.7 Å². The Kier molecular flexibility index (Phi) is 5.53. The zero-order valence-corrected chi connectivity index (χ0v) is 10.7. The van der Waals surface area contributed by atoms with Gasteiger partial charge in [-0.15, -0.1) is 0 Å². The predicted molar refractivity (Wildman–Crippen MR) is 67.1 cm³/mol. The van der Waals surface area contributed by atoms with Gasteiger partial charge in [0.15, 0.2) is 0 Å². The molecule has 94 valence electrons. The summed E-state index contributed by atoms with van der Waals surface area (Å²) < 4.78 is 10.4. The quantitative estimate of drug-likeness (QED) is 0.712. The fourth-order valence-electron chi connectivity index (χ4n) is 1.69. The summed E-state index contributed by atoms with van der Waals surface area (Å²) >= 11 is 0. The van der Waals surface area contributed by atoms with E-state index in [9.17, 15) is 4.79 Å². The number of carbonyl (C=O) groups is 1. The number of aryl methyl sites for hydroxylation is 1. The Labute approximate surface area is 103 Å². The molecule has 0 aliphatic heterocycles. The Balaban J connectivity index is 2.54. The van der Waals surface area contributed by atoms with Crippen LogP contribution in [0.5, 0.6) is 5.75 Å². The Hall–Kier alpha value is -1.51. The second kappa shape index (κ2) is 6.94. The molecule has 0 bridgehead atoms. The smallest absolute Gasteiger partial charge is 0.312 e. The summed E-state index contributed by atoms with van der Waals surface area (Å²) in [4.78, 5) is 11.5. The molecule has 0 fully saturated rings. The van der Waals surface area contributed by atoms with Gasteiger partial charge in [0, 0.05) is 0 Å². The largest absolute Gasteiger partial charge is 0.493 e. The highest BCUT2D eigenvalue weighted by Crippen LogP contribution is 2.15. The van der Waals surface area contributed by atoms with E-state index < -0.39 is 0 Å². The minimum absolute atomic E-state index is 0.175. The van der Waals surface area contributed by atoms with Crippen LogP contribution in [0.1, 0.15) is 25.3 Å². The standard InChI is InChI=1S/C14H20O3/c1-4-6-12(14(15)16-3)10-17-13-8-5-7-11(2)9-13/h5,7-9,12H,4,6,10H2,1-3H3. The first kappa shape index (κ1) is 13.6. The summed E-state index contributed by atoms with van der Waals surface area (Å²) in [6.45, 7) is 4.43. The molecule has 0 aliphatic rings. The van der Waals surface area contributed by atoms with Crippen molar-refractivity contribution in [2.75, 3.05) is 13.7 Å². The Morgan fingerprint density at radius 2 is 2.18 bits per heavy atom. The van der Waals surface area contributed by atoms with E-state index >= 15 is 0 Å². The monoisotopic (exact) mass is 236 g/mol. The summed E-state index contributed by atoms with van der Waals surface area (Å²) in [6.07, 6.45) is 1.73. The number of ether oxygens (including phenoxy) is 2. The molecule has 0 heterocycles. The van der Waals surface area contributed by atoms with Crippen molar-refractivity contribution in [2.45, 2.75) is 26.7 Å². The van der Waals surface area contributed by atoms with Gasteiger partial charge in [0.25, 0.3) is 0 Å². The molecule has 0 aliphatic carbocycles. The lowest BCUT2D eigenvalue weighted by Gasteiger charge is -2.14. The third-order valence-corrected chi connectivity index (χ3v) is 2.61. The van der Waals surface area contributed by atoms with Gasteiger partial charge < -0.3 is 9.47 Å². The van der Waals surface area contributed by atoms with Gasteiger partial charge in [-0.2, -0.15) is 0 Å². The van der Waals surface area contributed by atoms with E-state index in [-0.39, 0.29) is 11.9 Å². The molecule has 1 unspecified atom stereocenters. The zero-order chi connectivity index (χ0) is 12.7. The minimum atomic E-state index is -0.195. The summed E-state index contributed by atoms with van der Waals surface area (Å²) in [6, 6.07) is 7.81. The molecule has 1 atom stereocenters. The van der Waals surface area contributed by atoms with Gasteiger partial charge in [-0.3, -0.25) is 4.79 Å². The molecule has 0 N–H and O–H groups in total. The summed E-state index contributed by atoms with van der Waals surface area (Å²) in [7, 11) is 1.41. The number of rotatable bonds is 6. The van der Waals surface area contributed by atoms with E-state index in [0.29, 0.717) is 6.61 Å². The van der Waals surface area contributed by atoms with Gasteiger partial charge >= 0.3 is 5.97 Å². The van der Waals surface area contributed by atoms with Crippen molar-refractivity contribution in [1.29, 1.82) is 0 Å².